The molecule has 1 rings (SSSR count). The third-order valence-corrected chi connectivity index (χ3v) is 2.95. The monoisotopic (exact) mass is 293 g/mol. The molecule has 0 aromatic heterocycles. The number of aliphatic hydroxyl groups is 1. The van der Waals surface area contributed by atoms with Crippen LogP contribution in [0.5, 0.6) is 0 Å². The van der Waals surface area contributed by atoms with E-state index in [0.29, 0.717) is 5.56 Å². The molecule has 0 saturated heterocycles. The molecule has 0 fully saturated rings. The molecule has 1 aromatic rings. The summed E-state index contributed by atoms with van der Waals surface area (Å²) in [5, 5.41) is 12.3. The summed E-state index contributed by atoms with van der Waals surface area (Å²) in [6.45, 7) is 1.40. The van der Waals surface area contributed by atoms with Gasteiger partial charge in [-0.2, -0.15) is 0 Å². The molecule has 21 heavy (non-hydrogen) atoms. The van der Waals surface area contributed by atoms with Gasteiger partial charge in [-0.1, -0.05) is 30.3 Å². The lowest BCUT2D eigenvalue weighted by Gasteiger charge is -2.18. The van der Waals surface area contributed by atoms with E-state index >= 15 is 0 Å². The van der Waals surface area contributed by atoms with Crippen LogP contribution in [-0.4, -0.2) is 35.9 Å². The van der Waals surface area contributed by atoms with Gasteiger partial charge in [0, 0.05) is 6.42 Å². The van der Waals surface area contributed by atoms with Gasteiger partial charge in [-0.05, 0) is 18.9 Å². The first-order valence-electron chi connectivity index (χ1n) is 6.56. The van der Waals surface area contributed by atoms with E-state index in [1.165, 1.54) is 14.0 Å². The minimum Gasteiger partial charge on any atom is -0.467 e. The Morgan fingerprint density at radius 1 is 1.24 bits per heavy atom. The molecule has 0 spiro atoms. The Labute approximate surface area is 123 Å². The van der Waals surface area contributed by atoms with E-state index in [1.807, 2.05) is 0 Å². The number of ether oxygens (including phenoxy) is 1. The number of aliphatic hydroxyl groups excluding tert-OH is 1. The van der Waals surface area contributed by atoms with Crippen molar-refractivity contribution in [1.29, 1.82) is 0 Å². The normalized spacial score (nSPS) is 13.1. The highest BCUT2D eigenvalue weighted by atomic mass is 16.5. The van der Waals surface area contributed by atoms with Crippen LogP contribution < -0.4 is 5.32 Å². The second kappa shape index (κ2) is 8.16. The maximum Gasteiger partial charge on any atom is 0.328 e. The van der Waals surface area contributed by atoms with Crippen LogP contribution in [0.15, 0.2) is 30.3 Å². The Bertz CT molecular complexity index is 500. The van der Waals surface area contributed by atoms with Crippen molar-refractivity contribution >= 4 is 17.7 Å². The summed E-state index contributed by atoms with van der Waals surface area (Å²) in [5.74, 6) is -1.45. The van der Waals surface area contributed by atoms with Crippen molar-refractivity contribution in [3.8, 4) is 0 Å². The molecule has 0 aliphatic heterocycles. The van der Waals surface area contributed by atoms with E-state index < -0.39 is 24.0 Å². The van der Waals surface area contributed by atoms with Crippen molar-refractivity contribution in [2.75, 3.05) is 7.11 Å². The average molecular weight is 293 g/mol. The number of methoxy groups -OCH3 is 1. The average Bonchev–Trinajstić information content (AvgIpc) is 2.50. The number of nitrogens with one attached hydrogen (secondary N) is 1. The molecule has 2 N–H and O–H groups in total. The van der Waals surface area contributed by atoms with Gasteiger partial charge in [0.15, 0.2) is 6.10 Å². The third-order valence-electron chi connectivity index (χ3n) is 2.95. The van der Waals surface area contributed by atoms with E-state index in [-0.39, 0.29) is 18.6 Å². The minimum atomic E-state index is -1.38. The fourth-order valence-electron chi connectivity index (χ4n) is 1.78. The zero-order valence-electron chi connectivity index (χ0n) is 12.0. The smallest absolute Gasteiger partial charge is 0.328 e. The van der Waals surface area contributed by atoms with Gasteiger partial charge in [0.1, 0.15) is 11.8 Å². The highest BCUT2D eigenvalue weighted by molar-refractivity contribution is 5.88. The number of Topliss-reactive ketones (excluding diaryl/α,β-unsaturated/α-hetero) is 1. The van der Waals surface area contributed by atoms with Crippen molar-refractivity contribution in [3.63, 3.8) is 0 Å². The minimum absolute atomic E-state index is 0.0956. The highest BCUT2D eigenvalue weighted by Gasteiger charge is 2.25. The van der Waals surface area contributed by atoms with Crippen LogP contribution in [0.1, 0.15) is 31.4 Å². The van der Waals surface area contributed by atoms with E-state index in [0.717, 1.165) is 0 Å². The zero-order valence-corrected chi connectivity index (χ0v) is 12.0. The number of hydrogen-bond acceptors (Lipinski definition) is 5. The van der Waals surface area contributed by atoms with Gasteiger partial charge in [-0.25, -0.2) is 4.79 Å². The lowest BCUT2D eigenvalue weighted by molar-refractivity contribution is -0.146. The van der Waals surface area contributed by atoms with Gasteiger partial charge < -0.3 is 20.0 Å². The maximum absolute atomic E-state index is 12.0. The van der Waals surface area contributed by atoms with Crippen molar-refractivity contribution in [2.24, 2.45) is 0 Å². The molecule has 0 radical (unpaired) electrons. The van der Waals surface area contributed by atoms with E-state index in [1.54, 1.807) is 30.3 Å². The van der Waals surface area contributed by atoms with Gasteiger partial charge >= 0.3 is 5.97 Å². The van der Waals surface area contributed by atoms with Crippen LogP contribution in [0.25, 0.3) is 0 Å². The van der Waals surface area contributed by atoms with Gasteiger partial charge in [0.2, 0.25) is 0 Å². The van der Waals surface area contributed by atoms with Gasteiger partial charge in [-0.3, -0.25) is 4.79 Å². The topological polar surface area (TPSA) is 92.7 Å². The van der Waals surface area contributed by atoms with Crippen LogP contribution in [0.2, 0.25) is 0 Å². The quantitative estimate of drug-likeness (QED) is 0.724. The van der Waals surface area contributed by atoms with Crippen LogP contribution in [0.3, 0.4) is 0 Å². The van der Waals surface area contributed by atoms with Crippen LogP contribution in [0, 0.1) is 0 Å². The molecule has 0 aliphatic rings. The summed E-state index contributed by atoms with van der Waals surface area (Å²) in [6, 6.07) is 7.40. The lowest BCUT2D eigenvalue weighted by atomic mass is 10.1. The SMILES string of the molecule is COC(=O)[C@@H](CCC(C)=O)NC(=O)[C@@H](O)c1ccccc1. The first kappa shape index (κ1) is 16.8. The Morgan fingerprint density at radius 3 is 2.38 bits per heavy atom. The Hall–Kier alpha value is -2.21. The molecular weight excluding hydrogens is 274 g/mol. The number of rotatable bonds is 7. The second-order valence-corrected chi connectivity index (χ2v) is 4.64. The molecule has 1 amide bonds. The molecule has 6 nitrogen and oxygen atoms in total. The number of carbonyl (C=O) groups is 3. The van der Waals surface area contributed by atoms with E-state index in [2.05, 4.69) is 10.1 Å². The molecule has 0 heterocycles. The molecule has 0 unspecified atom stereocenters. The number of esters is 1. The van der Waals surface area contributed by atoms with E-state index in [9.17, 15) is 19.5 Å². The van der Waals surface area contributed by atoms with Gasteiger partial charge in [0.25, 0.3) is 5.91 Å². The number of hydrogen-bond donors (Lipinski definition) is 2. The number of carbonyl (C=O) groups excluding carboxylic acids is 3. The van der Waals surface area contributed by atoms with Crippen molar-refractivity contribution in [2.45, 2.75) is 31.9 Å². The van der Waals surface area contributed by atoms with Crippen LogP contribution >= 0.6 is 0 Å². The Balaban J connectivity index is 2.71. The third kappa shape index (κ3) is 5.35. The summed E-state index contributed by atoms with van der Waals surface area (Å²) in [7, 11) is 1.20. The molecular formula is C15H19NO5. The van der Waals surface area contributed by atoms with Crippen molar-refractivity contribution < 1.29 is 24.2 Å². The fourth-order valence-corrected chi connectivity index (χ4v) is 1.78. The first-order chi connectivity index (χ1) is 9.95. The predicted molar refractivity (Wildman–Crippen MR) is 75.3 cm³/mol. The molecule has 6 heteroatoms. The summed E-state index contributed by atoms with van der Waals surface area (Å²) >= 11 is 0. The molecule has 0 bridgehead atoms. The molecule has 114 valence electrons. The standard InChI is InChI=1S/C15H19NO5/c1-10(17)8-9-12(15(20)21-2)16-14(19)13(18)11-6-4-3-5-7-11/h3-7,12-13,18H,8-9H2,1-2H3,(H,16,19)/t12-,13+/m1/s1. The predicted octanol–water partition coefficient (Wildman–Crippen LogP) is 0.747. The lowest BCUT2D eigenvalue weighted by Crippen LogP contribution is -2.43. The molecule has 1 aromatic carbocycles. The summed E-state index contributed by atoms with van der Waals surface area (Å²) in [6.07, 6.45) is -1.10. The fraction of sp³-hybridized carbons (Fsp3) is 0.400. The van der Waals surface area contributed by atoms with Crippen molar-refractivity contribution in [1.82, 2.24) is 5.32 Å². The number of benzene rings is 1. The van der Waals surface area contributed by atoms with Gasteiger partial charge in [-0.15, -0.1) is 0 Å². The molecule has 2 atom stereocenters. The molecule has 0 aliphatic carbocycles. The highest BCUT2D eigenvalue weighted by Crippen LogP contribution is 2.13. The summed E-state index contributed by atoms with van der Waals surface area (Å²) in [5.41, 5.74) is 0.421. The maximum atomic E-state index is 12.0. The molecule has 0 saturated carbocycles. The van der Waals surface area contributed by atoms with Crippen molar-refractivity contribution in [3.05, 3.63) is 35.9 Å². The largest absolute Gasteiger partial charge is 0.467 e. The Kier molecular flexibility index (Phi) is 6.55. The van der Waals surface area contributed by atoms with Gasteiger partial charge in [0.05, 0.1) is 7.11 Å². The summed E-state index contributed by atoms with van der Waals surface area (Å²) in [4.78, 5) is 34.5. The zero-order chi connectivity index (χ0) is 15.8. The first-order valence-corrected chi connectivity index (χ1v) is 6.56. The number of amides is 1. The Morgan fingerprint density at radius 2 is 1.86 bits per heavy atom. The van der Waals surface area contributed by atoms with Crippen LogP contribution in [0.4, 0.5) is 0 Å². The van der Waals surface area contributed by atoms with Crippen LogP contribution in [-0.2, 0) is 19.1 Å². The number of ketones is 1. The van der Waals surface area contributed by atoms with E-state index in [4.69, 9.17) is 0 Å². The summed E-state index contributed by atoms with van der Waals surface area (Å²) < 4.78 is 4.58. The second-order valence-electron chi connectivity index (χ2n) is 4.64.